The van der Waals surface area contributed by atoms with Crippen molar-refractivity contribution in [1.29, 1.82) is 0 Å². The van der Waals surface area contributed by atoms with Gasteiger partial charge in [-0.2, -0.15) is 0 Å². The standard InChI is InChI=1S/C13H18N6O6/c1-4(20)18-12(24)8(23)9-6(21)7(22)13(25-9)19-3-17-5-10(14)15-2-16-11(5)19/h2-4,6-9,13,20-23H,1H3,(H,18,24)(H2,14,15,16)/t4?,6-,7+,8?,9-,13+/m0/s1. The van der Waals surface area contributed by atoms with Crippen LogP contribution in [0.25, 0.3) is 11.2 Å². The first-order valence-electron chi connectivity index (χ1n) is 7.42. The van der Waals surface area contributed by atoms with E-state index in [1.807, 2.05) is 0 Å². The maximum Gasteiger partial charge on any atom is 0.253 e. The Hall–Kier alpha value is -2.38. The highest BCUT2D eigenvalue weighted by Crippen LogP contribution is 2.33. The monoisotopic (exact) mass is 354 g/mol. The van der Waals surface area contributed by atoms with Gasteiger partial charge in [0.15, 0.2) is 23.8 Å². The molecule has 6 atom stereocenters. The lowest BCUT2D eigenvalue weighted by atomic mass is 10.0. The van der Waals surface area contributed by atoms with E-state index in [0.717, 1.165) is 0 Å². The molecule has 3 rings (SSSR count). The minimum Gasteiger partial charge on any atom is -0.387 e. The zero-order chi connectivity index (χ0) is 18.3. The van der Waals surface area contributed by atoms with Crippen molar-refractivity contribution < 1.29 is 30.0 Å². The highest BCUT2D eigenvalue weighted by atomic mass is 16.6. The van der Waals surface area contributed by atoms with Crippen LogP contribution in [0.1, 0.15) is 13.2 Å². The molecular formula is C13H18N6O6. The van der Waals surface area contributed by atoms with Gasteiger partial charge in [0, 0.05) is 0 Å². The summed E-state index contributed by atoms with van der Waals surface area (Å²) >= 11 is 0. The third-order valence-electron chi connectivity index (χ3n) is 3.87. The third kappa shape index (κ3) is 3.01. The summed E-state index contributed by atoms with van der Waals surface area (Å²) in [5.41, 5.74) is 6.23. The quantitative estimate of drug-likeness (QED) is 0.306. The summed E-state index contributed by atoms with van der Waals surface area (Å²) in [6.45, 7) is 1.29. The van der Waals surface area contributed by atoms with Crippen LogP contribution in [0.2, 0.25) is 0 Å². The minimum absolute atomic E-state index is 0.129. The fourth-order valence-electron chi connectivity index (χ4n) is 2.67. The largest absolute Gasteiger partial charge is 0.387 e. The maximum atomic E-state index is 11.8. The fourth-order valence-corrected chi connectivity index (χ4v) is 2.67. The molecule has 25 heavy (non-hydrogen) atoms. The summed E-state index contributed by atoms with van der Waals surface area (Å²) in [7, 11) is 0. The Bertz CT molecular complexity index is 781. The molecule has 1 amide bonds. The molecule has 2 aromatic heterocycles. The second kappa shape index (κ2) is 6.50. The molecule has 3 heterocycles. The third-order valence-corrected chi connectivity index (χ3v) is 3.87. The maximum absolute atomic E-state index is 11.8. The number of hydrogen-bond donors (Lipinski definition) is 6. The van der Waals surface area contributed by atoms with Crippen molar-refractivity contribution in [2.75, 3.05) is 5.73 Å². The number of fused-ring (bicyclic) bond motifs is 1. The van der Waals surface area contributed by atoms with Crippen LogP contribution in [0.4, 0.5) is 5.82 Å². The number of aliphatic hydroxyl groups excluding tert-OH is 4. The van der Waals surface area contributed by atoms with Gasteiger partial charge in [-0.1, -0.05) is 0 Å². The molecule has 0 bridgehead atoms. The van der Waals surface area contributed by atoms with E-state index < -0.39 is 42.8 Å². The van der Waals surface area contributed by atoms with E-state index in [2.05, 4.69) is 20.3 Å². The van der Waals surface area contributed by atoms with Crippen LogP contribution in [-0.4, -0.2) is 76.5 Å². The molecule has 12 heteroatoms. The van der Waals surface area contributed by atoms with Gasteiger partial charge in [0.2, 0.25) is 0 Å². The van der Waals surface area contributed by atoms with E-state index in [9.17, 15) is 20.1 Å². The number of aliphatic hydroxyl groups is 4. The smallest absolute Gasteiger partial charge is 0.253 e. The van der Waals surface area contributed by atoms with E-state index in [-0.39, 0.29) is 17.0 Å². The molecule has 136 valence electrons. The molecule has 1 aliphatic heterocycles. The molecule has 2 unspecified atom stereocenters. The number of nitrogen functional groups attached to an aromatic ring is 1. The number of anilines is 1. The summed E-state index contributed by atoms with van der Waals surface area (Å²) in [4.78, 5) is 23.6. The Morgan fingerprint density at radius 3 is 2.72 bits per heavy atom. The number of rotatable bonds is 4. The minimum atomic E-state index is -1.81. The van der Waals surface area contributed by atoms with Gasteiger partial charge in [-0.15, -0.1) is 0 Å². The predicted octanol–water partition coefficient (Wildman–Crippen LogP) is -3.16. The summed E-state index contributed by atoms with van der Waals surface area (Å²) in [5.74, 6) is -0.821. The number of imidazole rings is 1. The van der Waals surface area contributed by atoms with Crippen molar-refractivity contribution in [1.82, 2.24) is 24.8 Å². The molecular weight excluding hydrogens is 336 g/mol. The second-order valence-corrected chi connectivity index (χ2v) is 5.68. The number of aromatic nitrogens is 4. The fraction of sp³-hybridized carbons (Fsp3) is 0.538. The molecule has 1 aliphatic rings. The van der Waals surface area contributed by atoms with Crippen molar-refractivity contribution in [2.45, 2.75) is 43.8 Å². The van der Waals surface area contributed by atoms with Crippen LogP contribution < -0.4 is 11.1 Å². The van der Waals surface area contributed by atoms with Gasteiger partial charge >= 0.3 is 0 Å². The molecule has 2 aromatic rings. The highest BCUT2D eigenvalue weighted by Gasteiger charge is 2.49. The van der Waals surface area contributed by atoms with Gasteiger partial charge in [-0.3, -0.25) is 9.36 Å². The van der Waals surface area contributed by atoms with Crippen molar-refractivity contribution in [3.8, 4) is 0 Å². The van der Waals surface area contributed by atoms with E-state index >= 15 is 0 Å². The first kappa shape index (κ1) is 17.4. The lowest BCUT2D eigenvalue weighted by molar-refractivity contribution is -0.145. The van der Waals surface area contributed by atoms with E-state index in [1.54, 1.807) is 0 Å². The second-order valence-electron chi connectivity index (χ2n) is 5.68. The number of hydrogen-bond acceptors (Lipinski definition) is 10. The van der Waals surface area contributed by atoms with E-state index in [4.69, 9.17) is 15.6 Å². The van der Waals surface area contributed by atoms with Gasteiger partial charge < -0.3 is 36.2 Å². The number of ether oxygens (including phenoxy) is 1. The molecule has 1 fully saturated rings. The van der Waals surface area contributed by atoms with E-state index in [1.165, 1.54) is 24.1 Å². The van der Waals surface area contributed by atoms with Gasteiger partial charge in [0.1, 0.15) is 36.4 Å². The molecule has 12 nitrogen and oxygen atoms in total. The van der Waals surface area contributed by atoms with Crippen molar-refractivity contribution >= 4 is 22.9 Å². The van der Waals surface area contributed by atoms with Crippen LogP contribution in [0.3, 0.4) is 0 Å². The first-order chi connectivity index (χ1) is 11.8. The molecule has 0 radical (unpaired) electrons. The Labute approximate surface area is 140 Å². The Kier molecular flexibility index (Phi) is 4.53. The molecule has 7 N–H and O–H groups in total. The van der Waals surface area contributed by atoms with Crippen molar-refractivity contribution in [3.63, 3.8) is 0 Å². The Balaban J connectivity index is 1.87. The van der Waals surface area contributed by atoms with Gasteiger partial charge in [0.25, 0.3) is 5.91 Å². The van der Waals surface area contributed by atoms with Crippen molar-refractivity contribution in [3.05, 3.63) is 12.7 Å². The summed E-state index contributed by atoms with van der Waals surface area (Å²) in [6.07, 6.45) is -6.11. The number of carbonyl (C=O) groups is 1. The lowest BCUT2D eigenvalue weighted by Gasteiger charge is -2.21. The average molecular weight is 354 g/mol. The average Bonchev–Trinajstić information content (AvgIpc) is 3.10. The summed E-state index contributed by atoms with van der Waals surface area (Å²) < 4.78 is 6.79. The molecule has 0 saturated carbocycles. The van der Waals surface area contributed by atoms with Crippen LogP contribution in [0, 0.1) is 0 Å². The molecule has 0 spiro atoms. The predicted molar refractivity (Wildman–Crippen MR) is 81.5 cm³/mol. The normalized spacial score (nSPS) is 28.8. The highest BCUT2D eigenvalue weighted by molar-refractivity contribution is 5.82. The summed E-state index contributed by atoms with van der Waals surface area (Å²) in [5, 5.41) is 41.6. The lowest BCUT2D eigenvalue weighted by Crippen LogP contribution is -2.49. The van der Waals surface area contributed by atoms with Gasteiger partial charge in [-0.25, -0.2) is 15.0 Å². The number of nitrogens with one attached hydrogen (secondary N) is 1. The zero-order valence-electron chi connectivity index (χ0n) is 13.1. The topological polar surface area (TPSA) is 189 Å². The first-order valence-corrected chi connectivity index (χ1v) is 7.42. The van der Waals surface area contributed by atoms with Gasteiger partial charge in [0.05, 0.1) is 6.33 Å². The van der Waals surface area contributed by atoms with Crippen LogP contribution >= 0.6 is 0 Å². The Morgan fingerprint density at radius 2 is 2.04 bits per heavy atom. The molecule has 0 aliphatic carbocycles. The zero-order valence-corrected chi connectivity index (χ0v) is 13.1. The van der Waals surface area contributed by atoms with Crippen molar-refractivity contribution in [2.24, 2.45) is 0 Å². The van der Waals surface area contributed by atoms with Gasteiger partial charge in [-0.05, 0) is 6.92 Å². The molecule has 0 aromatic carbocycles. The number of amides is 1. The van der Waals surface area contributed by atoms with Crippen LogP contribution in [0.15, 0.2) is 12.7 Å². The van der Waals surface area contributed by atoms with E-state index in [0.29, 0.717) is 0 Å². The SMILES string of the molecule is CC(O)NC(=O)C(O)[C@H]1O[C@@H](n2cnc3c(N)ncnc32)[C@H](O)[C@@H]1O. The number of nitrogens with two attached hydrogens (primary N) is 1. The summed E-state index contributed by atoms with van der Waals surface area (Å²) in [6, 6.07) is 0. The van der Waals surface area contributed by atoms with Crippen LogP contribution in [-0.2, 0) is 9.53 Å². The van der Waals surface area contributed by atoms with Crippen LogP contribution in [0.5, 0.6) is 0 Å². The number of carbonyl (C=O) groups excluding carboxylic acids is 1. The molecule has 1 saturated heterocycles. The Morgan fingerprint density at radius 1 is 1.32 bits per heavy atom. The number of nitrogens with zero attached hydrogens (tertiary/aromatic N) is 4.